The SMILES string of the molecule is CC(C)(C)OC(=O)NC1=N[C@](CF)(c2cc(NCc3ccc(Br)cc3Cl)ccc2F)COC1. The topological polar surface area (TPSA) is 72.0 Å². The highest BCUT2D eigenvalue weighted by molar-refractivity contribution is 9.10. The second-order valence-electron chi connectivity index (χ2n) is 8.63. The molecule has 0 aromatic heterocycles. The lowest BCUT2D eigenvalue weighted by Crippen LogP contribution is -2.46. The largest absolute Gasteiger partial charge is 0.444 e. The molecule has 1 atom stereocenters. The summed E-state index contributed by atoms with van der Waals surface area (Å²) in [4.78, 5) is 16.4. The van der Waals surface area contributed by atoms with Gasteiger partial charge in [-0.2, -0.15) is 0 Å². The number of alkyl carbamates (subject to hydrolysis) is 1. The van der Waals surface area contributed by atoms with Crippen LogP contribution in [0.25, 0.3) is 0 Å². The van der Waals surface area contributed by atoms with Crippen molar-refractivity contribution in [1.29, 1.82) is 0 Å². The summed E-state index contributed by atoms with van der Waals surface area (Å²) >= 11 is 9.62. The van der Waals surface area contributed by atoms with E-state index in [-0.39, 0.29) is 24.6 Å². The lowest BCUT2D eigenvalue weighted by Gasteiger charge is -2.33. The van der Waals surface area contributed by atoms with E-state index in [0.717, 1.165) is 10.0 Å². The van der Waals surface area contributed by atoms with E-state index in [9.17, 15) is 13.6 Å². The molecule has 0 aliphatic carbocycles. The van der Waals surface area contributed by atoms with Gasteiger partial charge in [0.25, 0.3) is 0 Å². The number of rotatable bonds is 5. The van der Waals surface area contributed by atoms with Gasteiger partial charge in [-0.05, 0) is 56.7 Å². The number of benzene rings is 2. The molecule has 0 saturated carbocycles. The number of carbonyl (C=O) groups is 1. The highest BCUT2D eigenvalue weighted by atomic mass is 79.9. The van der Waals surface area contributed by atoms with Crippen molar-refractivity contribution < 1.29 is 23.0 Å². The number of alkyl halides is 1. The van der Waals surface area contributed by atoms with Crippen LogP contribution in [0.4, 0.5) is 19.3 Å². The summed E-state index contributed by atoms with van der Waals surface area (Å²) < 4.78 is 40.7. The monoisotopic (exact) mass is 543 g/mol. The number of aliphatic imine (C=N–C) groups is 1. The maximum atomic E-state index is 14.8. The lowest BCUT2D eigenvalue weighted by atomic mass is 9.91. The molecule has 1 amide bonds. The molecule has 0 radical (unpaired) electrons. The third-order valence-corrected chi connectivity index (χ3v) is 5.61. The fourth-order valence-corrected chi connectivity index (χ4v) is 4.00. The highest BCUT2D eigenvalue weighted by Crippen LogP contribution is 2.34. The number of ether oxygens (including phenoxy) is 2. The number of carbonyl (C=O) groups excluding carboxylic acids is 1. The second kappa shape index (κ2) is 10.4. The van der Waals surface area contributed by atoms with E-state index in [1.54, 1.807) is 32.9 Å². The molecule has 2 N–H and O–H groups in total. The summed E-state index contributed by atoms with van der Waals surface area (Å²) in [7, 11) is 0. The minimum atomic E-state index is -1.64. The Hall–Kier alpha value is -2.23. The molecule has 0 fully saturated rings. The van der Waals surface area contributed by atoms with E-state index in [4.69, 9.17) is 21.1 Å². The molecule has 33 heavy (non-hydrogen) atoms. The zero-order chi connectivity index (χ0) is 24.2. The van der Waals surface area contributed by atoms with Gasteiger partial charge in [0, 0.05) is 27.3 Å². The Labute approximate surface area is 204 Å². The van der Waals surface area contributed by atoms with Crippen LogP contribution < -0.4 is 10.6 Å². The van der Waals surface area contributed by atoms with Crippen molar-refractivity contribution in [3.63, 3.8) is 0 Å². The van der Waals surface area contributed by atoms with Crippen LogP contribution in [0.2, 0.25) is 5.02 Å². The van der Waals surface area contributed by atoms with Gasteiger partial charge in [-0.25, -0.2) is 13.6 Å². The van der Waals surface area contributed by atoms with Gasteiger partial charge < -0.3 is 14.8 Å². The molecule has 0 unspecified atom stereocenters. The van der Waals surface area contributed by atoms with Crippen molar-refractivity contribution in [3.05, 3.63) is 62.8 Å². The Morgan fingerprint density at radius 2 is 2.06 bits per heavy atom. The summed E-state index contributed by atoms with van der Waals surface area (Å²) in [6.45, 7) is 4.27. The van der Waals surface area contributed by atoms with Crippen molar-refractivity contribution in [2.75, 3.05) is 25.2 Å². The molecule has 0 spiro atoms. The predicted molar refractivity (Wildman–Crippen MR) is 128 cm³/mol. The van der Waals surface area contributed by atoms with E-state index in [1.807, 2.05) is 12.1 Å². The quantitative estimate of drug-likeness (QED) is 0.486. The zero-order valence-corrected chi connectivity index (χ0v) is 20.8. The van der Waals surface area contributed by atoms with Gasteiger partial charge in [-0.1, -0.05) is 33.6 Å². The van der Waals surface area contributed by atoms with Gasteiger partial charge in [-0.3, -0.25) is 10.3 Å². The Kier molecular flexibility index (Phi) is 7.97. The molecule has 10 heteroatoms. The fourth-order valence-electron chi connectivity index (χ4n) is 3.26. The highest BCUT2D eigenvalue weighted by Gasteiger charge is 2.39. The second-order valence-corrected chi connectivity index (χ2v) is 9.95. The van der Waals surface area contributed by atoms with Crippen molar-refractivity contribution in [3.8, 4) is 0 Å². The van der Waals surface area contributed by atoms with Crippen LogP contribution in [0.3, 0.4) is 0 Å². The molecule has 0 bridgehead atoms. The Morgan fingerprint density at radius 1 is 1.30 bits per heavy atom. The molecule has 2 aromatic rings. The lowest BCUT2D eigenvalue weighted by molar-refractivity contribution is 0.0528. The van der Waals surface area contributed by atoms with Gasteiger partial charge >= 0.3 is 6.09 Å². The molecule has 2 aromatic carbocycles. The maximum absolute atomic E-state index is 14.8. The van der Waals surface area contributed by atoms with Crippen LogP contribution in [0.5, 0.6) is 0 Å². The minimum Gasteiger partial charge on any atom is -0.444 e. The summed E-state index contributed by atoms with van der Waals surface area (Å²) in [6.07, 6.45) is -0.748. The number of hydrogen-bond acceptors (Lipinski definition) is 5. The first-order valence-corrected chi connectivity index (χ1v) is 11.4. The van der Waals surface area contributed by atoms with E-state index >= 15 is 0 Å². The summed E-state index contributed by atoms with van der Waals surface area (Å²) in [5, 5.41) is 6.21. The number of nitrogens with one attached hydrogen (secondary N) is 2. The van der Waals surface area contributed by atoms with Gasteiger partial charge in [0.15, 0.2) is 0 Å². The van der Waals surface area contributed by atoms with Crippen LogP contribution in [0, 0.1) is 5.82 Å². The van der Waals surface area contributed by atoms with Gasteiger partial charge in [0.05, 0.1) is 6.61 Å². The van der Waals surface area contributed by atoms with Crippen LogP contribution in [-0.4, -0.2) is 37.4 Å². The van der Waals surface area contributed by atoms with Gasteiger partial charge in [0.1, 0.15) is 36.1 Å². The normalized spacial score (nSPS) is 18.5. The number of amidine groups is 1. The number of anilines is 1. The van der Waals surface area contributed by atoms with Gasteiger partial charge in [-0.15, -0.1) is 0 Å². The smallest absolute Gasteiger partial charge is 0.413 e. The number of nitrogens with zero attached hydrogens (tertiary/aromatic N) is 1. The molecule has 3 rings (SSSR count). The van der Waals surface area contributed by atoms with Crippen molar-refractivity contribution in [2.24, 2.45) is 4.99 Å². The molecule has 1 aliphatic heterocycles. The van der Waals surface area contributed by atoms with Gasteiger partial charge in [0.2, 0.25) is 0 Å². The molecular formula is C23H25BrClF2N3O3. The maximum Gasteiger partial charge on any atom is 0.413 e. The molecule has 0 saturated heterocycles. The molecule has 178 valence electrons. The van der Waals surface area contributed by atoms with E-state index in [2.05, 4.69) is 31.6 Å². The molecule has 1 aliphatic rings. The van der Waals surface area contributed by atoms with E-state index < -0.39 is 29.7 Å². The van der Waals surface area contributed by atoms with E-state index in [1.165, 1.54) is 12.1 Å². The number of halogens is 4. The molecule has 1 heterocycles. The zero-order valence-electron chi connectivity index (χ0n) is 18.5. The average molecular weight is 545 g/mol. The standard InChI is InChI=1S/C23H25BrClF2N3O3/c1-22(2,3)33-21(31)29-20-11-32-13-23(12-26,30-20)17-9-16(6-7-19(17)27)28-10-14-4-5-15(24)8-18(14)25/h4-9,28H,10-13H2,1-3H3,(H,29,30,31)/t23-/m0/s1. The minimum absolute atomic E-state index is 0.0140. The molecule has 6 nitrogen and oxygen atoms in total. The fraction of sp³-hybridized carbons (Fsp3) is 0.391. The summed E-state index contributed by atoms with van der Waals surface area (Å²) in [5.41, 5.74) is -0.949. The molecular weight excluding hydrogens is 520 g/mol. The first-order valence-electron chi connectivity index (χ1n) is 10.2. The summed E-state index contributed by atoms with van der Waals surface area (Å²) in [5.74, 6) is -0.571. The van der Waals surface area contributed by atoms with Crippen molar-refractivity contribution in [2.45, 2.75) is 38.5 Å². The van der Waals surface area contributed by atoms with Crippen LogP contribution in [0.15, 0.2) is 45.9 Å². The Balaban J connectivity index is 1.84. The van der Waals surface area contributed by atoms with Crippen LogP contribution in [-0.2, 0) is 21.6 Å². The van der Waals surface area contributed by atoms with Crippen molar-refractivity contribution >= 4 is 45.1 Å². The van der Waals surface area contributed by atoms with Crippen molar-refractivity contribution in [1.82, 2.24) is 5.32 Å². The first kappa shape index (κ1) is 25.4. The first-order chi connectivity index (χ1) is 15.5. The average Bonchev–Trinajstić information content (AvgIpc) is 2.72. The number of hydrogen-bond donors (Lipinski definition) is 2. The Bertz CT molecular complexity index is 1060. The van der Waals surface area contributed by atoms with E-state index in [0.29, 0.717) is 17.3 Å². The van der Waals surface area contributed by atoms with Crippen LogP contribution in [0.1, 0.15) is 31.9 Å². The number of amides is 1. The summed E-state index contributed by atoms with van der Waals surface area (Å²) in [6, 6.07) is 9.78. The Morgan fingerprint density at radius 3 is 2.73 bits per heavy atom. The third kappa shape index (κ3) is 6.65. The van der Waals surface area contributed by atoms with Crippen LogP contribution >= 0.6 is 27.5 Å². The third-order valence-electron chi connectivity index (χ3n) is 4.76. The predicted octanol–water partition coefficient (Wildman–Crippen LogP) is 5.97.